The Bertz CT molecular complexity index is 1690. The summed E-state index contributed by atoms with van der Waals surface area (Å²) in [6, 6.07) is 2.71. The number of hydrogen-bond donors (Lipinski definition) is 3. The molecule has 1 aromatic carbocycles. The maximum absolute atomic E-state index is 14.7. The molecule has 10 nitrogen and oxygen atoms in total. The third-order valence-electron chi connectivity index (χ3n) is 8.22. The van der Waals surface area contributed by atoms with E-state index in [9.17, 15) is 35.5 Å². The first-order chi connectivity index (χ1) is 18.8. The summed E-state index contributed by atoms with van der Waals surface area (Å²) >= 11 is 0.997. The van der Waals surface area contributed by atoms with Crippen LogP contribution in [0, 0.1) is 29.4 Å². The van der Waals surface area contributed by atoms with Crippen molar-refractivity contribution in [1.82, 2.24) is 9.62 Å². The maximum Gasteiger partial charge on any atom is 0.287 e. The van der Waals surface area contributed by atoms with Gasteiger partial charge >= 0.3 is 0 Å². The molecule has 214 valence electrons. The Morgan fingerprint density at radius 2 is 1.88 bits per heavy atom. The molecule has 3 heterocycles. The summed E-state index contributed by atoms with van der Waals surface area (Å²) in [4.78, 5) is 15.3. The molecule has 2 atom stereocenters. The zero-order valence-corrected chi connectivity index (χ0v) is 23.7. The van der Waals surface area contributed by atoms with E-state index in [1.807, 2.05) is 0 Å². The van der Waals surface area contributed by atoms with Crippen molar-refractivity contribution in [2.24, 2.45) is 22.2 Å². The van der Waals surface area contributed by atoms with Gasteiger partial charge in [0.1, 0.15) is 32.9 Å². The lowest BCUT2D eigenvalue weighted by Gasteiger charge is -2.54. The van der Waals surface area contributed by atoms with Crippen molar-refractivity contribution in [2.75, 3.05) is 11.6 Å². The fourth-order valence-corrected chi connectivity index (χ4v) is 9.55. The summed E-state index contributed by atoms with van der Waals surface area (Å²) in [5.41, 5.74) is -0.00729. The zero-order chi connectivity index (χ0) is 28.6. The molecule has 2 bridgehead atoms. The van der Waals surface area contributed by atoms with Gasteiger partial charge in [-0.05, 0) is 49.0 Å². The predicted molar refractivity (Wildman–Crippen MR) is 144 cm³/mol. The second-order valence-corrected chi connectivity index (χ2v) is 14.9. The number of aliphatic hydroxyl groups excluding tert-OH is 1. The Kier molecular flexibility index (Phi) is 6.55. The van der Waals surface area contributed by atoms with Crippen LogP contribution in [0.4, 0.5) is 13.8 Å². The third-order valence-corrected chi connectivity index (χ3v) is 11.4. The van der Waals surface area contributed by atoms with Gasteiger partial charge in [0.25, 0.3) is 15.9 Å². The Balaban J connectivity index is 1.41. The maximum atomic E-state index is 14.7. The number of hydrogen-bond acceptors (Lipinski definition) is 8. The van der Waals surface area contributed by atoms with Crippen LogP contribution in [0.5, 0.6) is 0 Å². The van der Waals surface area contributed by atoms with Gasteiger partial charge in [-0.3, -0.25) is 4.79 Å². The van der Waals surface area contributed by atoms with Crippen molar-refractivity contribution < 1.29 is 35.5 Å². The van der Waals surface area contributed by atoms with Crippen LogP contribution in [0.2, 0.25) is 0 Å². The minimum absolute atomic E-state index is 0.0467. The van der Waals surface area contributed by atoms with E-state index in [0.29, 0.717) is 0 Å². The van der Waals surface area contributed by atoms with Crippen molar-refractivity contribution >= 4 is 48.1 Å². The average Bonchev–Trinajstić information content (AvgIpc) is 3.30. The lowest BCUT2D eigenvalue weighted by molar-refractivity contribution is -0.140. The fourth-order valence-electron chi connectivity index (χ4n) is 6.53. The number of amidine groups is 1. The molecule has 3 N–H and O–H groups in total. The number of nitrogens with one attached hydrogen (secondary N) is 2. The van der Waals surface area contributed by atoms with Crippen LogP contribution in [-0.2, 0) is 37.9 Å². The molecule has 3 fully saturated rings. The smallest absolute Gasteiger partial charge is 0.287 e. The monoisotopic (exact) mass is 612 g/mol. The van der Waals surface area contributed by atoms with Crippen molar-refractivity contribution in [1.29, 1.82) is 0 Å². The number of carbonyl (C=O) groups excluding carboxylic acids is 1. The summed E-state index contributed by atoms with van der Waals surface area (Å²) in [5.74, 6) is -3.19. The van der Waals surface area contributed by atoms with Crippen LogP contribution in [0.3, 0.4) is 0 Å². The molecule has 2 aromatic rings. The molecule has 2 aliphatic heterocycles. The van der Waals surface area contributed by atoms with E-state index < -0.39 is 49.5 Å². The Morgan fingerprint density at radius 1 is 1.18 bits per heavy atom. The molecule has 40 heavy (non-hydrogen) atoms. The summed E-state index contributed by atoms with van der Waals surface area (Å²) in [5, 5.41) is 16.0. The van der Waals surface area contributed by atoms with Gasteiger partial charge in [-0.15, -0.1) is 15.7 Å². The first-order valence-corrected chi connectivity index (χ1v) is 16.9. The van der Waals surface area contributed by atoms with Crippen LogP contribution in [-0.4, -0.2) is 50.9 Å². The molecule has 1 amide bonds. The first-order valence-electron chi connectivity index (χ1n) is 12.7. The minimum Gasteiger partial charge on any atom is -0.511 e. The SMILES string of the molecule is CS(=O)(=O)NCc1csc2c1S(=O)(=O)N=C(C1=C(O)[C@@H]3C4CCC(CC4)[C@@H]3N(Cc3ccc(F)cc3F)C1=O)N2. The number of carbonyl (C=O) groups is 1. The predicted octanol–water partition coefficient (Wildman–Crippen LogP) is 3.25. The van der Waals surface area contributed by atoms with Crippen molar-refractivity contribution in [2.45, 2.75) is 49.7 Å². The highest BCUT2D eigenvalue weighted by atomic mass is 32.2. The minimum atomic E-state index is -4.39. The molecule has 3 aliphatic carbocycles. The van der Waals surface area contributed by atoms with E-state index in [1.54, 1.807) is 0 Å². The van der Waals surface area contributed by atoms with Crippen LogP contribution in [0.15, 0.2) is 44.2 Å². The van der Waals surface area contributed by atoms with Gasteiger partial charge in [-0.1, -0.05) is 6.07 Å². The van der Waals surface area contributed by atoms with Crippen molar-refractivity contribution in [3.05, 3.63) is 57.7 Å². The largest absolute Gasteiger partial charge is 0.511 e. The molecule has 0 saturated heterocycles. The van der Waals surface area contributed by atoms with Crippen molar-refractivity contribution in [3.63, 3.8) is 0 Å². The van der Waals surface area contributed by atoms with E-state index in [0.717, 1.165) is 55.4 Å². The third kappa shape index (κ3) is 4.62. The normalized spacial score (nSPS) is 27.2. The fraction of sp³-hybridized carbons (Fsp3) is 0.440. The standard InChI is InChI=1S/C25H26F2N4O6S3/c1-39(34,35)28-9-15-11-38-24-22(15)40(36,37)30-23(29-24)19-21(32)18-12-2-4-13(5-3-12)20(18)31(25(19)33)10-14-6-7-16(26)8-17(14)27/h6-8,11-13,18,20,28,32H,2-5,9-10H2,1H3,(H,29,30)/t12?,13?,18-,20+/m1/s1. The molecule has 1 aromatic heterocycles. The molecular formula is C25H26F2N4O6S3. The van der Waals surface area contributed by atoms with E-state index in [-0.39, 0.29) is 63.1 Å². The summed E-state index contributed by atoms with van der Waals surface area (Å²) in [7, 11) is -7.98. The van der Waals surface area contributed by atoms with Crippen LogP contribution in [0.25, 0.3) is 0 Å². The lowest BCUT2D eigenvalue weighted by atomic mass is 9.59. The number of rotatable bonds is 6. The number of nitrogens with zero attached hydrogens (tertiary/aromatic N) is 2. The van der Waals surface area contributed by atoms with E-state index in [4.69, 9.17) is 0 Å². The number of benzene rings is 1. The summed E-state index contributed by atoms with van der Waals surface area (Å²) < 4.78 is 84.0. The first kappa shape index (κ1) is 27.3. The molecular weight excluding hydrogens is 586 g/mol. The lowest BCUT2D eigenvalue weighted by Crippen LogP contribution is -2.60. The van der Waals surface area contributed by atoms with Gasteiger partial charge in [0.15, 0.2) is 5.84 Å². The van der Waals surface area contributed by atoms with Gasteiger partial charge in [0, 0.05) is 42.2 Å². The Labute approximate surface area is 233 Å². The van der Waals surface area contributed by atoms with Gasteiger partial charge in [0.2, 0.25) is 10.0 Å². The number of halogens is 2. The summed E-state index contributed by atoms with van der Waals surface area (Å²) in [6.45, 7) is -0.454. The molecule has 3 saturated carbocycles. The highest BCUT2D eigenvalue weighted by molar-refractivity contribution is 7.91. The second kappa shape index (κ2) is 9.60. The Morgan fingerprint density at radius 3 is 2.55 bits per heavy atom. The molecule has 0 spiro atoms. The van der Waals surface area contributed by atoms with Crippen LogP contribution in [0.1, 0.15) is 36.8 Å². The van der Waals surface area contributed by atoms with Crippen LogP contribution >= 0.6 is 11.3 Å². The average molecular weight is 613 g/mol. The molecule has 0 radical (unpaired) electrons. The van der Waals surface area contributed by atoms with Crippen LogP contribution < -0.4 is 10.0 Å². The summed E-state index contributed by atoms with van der Waals surface area (Å²) in [6.07, 6.45) is 4.31. The van der Waals surface area contributed by atoms with Gasteiger partial charge in [-0.2, -0.15) is 8.42 Å². The topological polar surface area (TPSA) is 145 Å². The number of amides is 1. The number of fused-ring (bicyclic) bond motifs is 3. The van der Waals surface area contributed by atoms with E-state index >= 15 is 0 Å². The second-order valence-electron chi connectivity index (χ2n) is 10.7. The molecule has 0 unspecified atom stereocenters. The molecule has 7 rings (SSSR count). The van der Waals surface area contributed by atoms with E-state index in [2.05, 4.69) is 14.4 Å². The Hall–Kier alpha value is -2.88. The van der Waals surface area contributed by atoms with Crippen molar-refractivity contribution in [3.8, 4) is 0 Å². The van der Waals surface area contributed by atoms with E-state index in [1.165, 1.54) is 16.3 Å². The van der Waals surface area contributed by atoms with Gasteiger partial charge < -0.3 is 15.3 Å². The quantitative estimate of drug-likeness (QED) is 0.454. The van der Waals surface area contributed by atoms with Gasteiger partial charge in [-0.25, -0.2) is 21.9 Å². The highest BCUT2D eigenvalue weighted by Crippen LogP contribution is 2.52. The number of sulfonamides is 2. The van der Waals surface area contributed by atoms with Gasteiger partial charge in [0.05, 0.1) is 6.26 Å². The molecule has 15 heteroatoms. The number of thiophene rings is 1. The molecule has 5 aliphatic rings. The number of anilines is 1. The zero-order valence-electron chi connectivity index (χ0n) is 21.2. The highest BCUT2D eigenvalue weighted by Gasteiger charge is 2.54. The number of aliphatic hydroxyl groups is 1.